The standard InChI is InChI=1S/C17H20FN3/c1-13-16(18)3-2-4-17(13)20-14-7-11-21(12-8-14)15-5-9-19-10-6-15/h2-6,9-10,14,20H,7-8,11-12H2,1H3. The minimum Gasteiger partial charge on any atom is -0.382 e. The molecule has 0 amide bonds. The van der Waals surface area contributed by atoms with Crippen LogP contribution in [-0.2, 0) is 0 Å². The zero-order chi connectivity index (χ0) is 14.7. The molecule has 0 saturated carbocycles. The number of piperidine rings is 1. The Kier molecular flexibility index (Phi) is 4.04. The van der Waals surface area contributed by atoms with Crippen LogP contribution in [0.3, 0.4) is 0 Å². The van der Waals surface area contributed by atoms with Gasteiger partial charge in [-0.25, -0.2) is 4.39 Å². The molecule has 1 aliphatic rings. The van der Waals surface area contributed by atoms with Crippen molar-refractivity contribution in [1.29, 1.82) is 0 Å². The lowest BCUT2D eigenvalue weighted by Gasteiger charge is -2.34. The molecule has 0 aliphatic carbocycles. The van der Waals surface area contributed by atoms with E-state index in [0.717, 1.165) is 31.6 Å². The van der Waals surface area contributed by atoms with Gasteiger partial charge in [0, 0.05) is 48.5 Å². The molecule has 3 nitrogen and oxygen atoms in total. The molecule has 1 aromatic carbocycles. The molecule has 3 rings (SSSR count). The maximum absolute atomic E-state index is 13.6. The van der Waals surface area contributed by atoms with Gasteiger partial charge in [0.1, 0.15) is 5.82 Å². The monoisotopic (exact) mass is 285 g/mol. The molecule has 4 heteroatoms. The van der Waals surface area contributed by atoms with Gasteiger partial charge in [-0.15, -0.1) is 0 Å². The average molecular weight is 285 g/mol. The van der Waals surface area contributed by atoms with E-state index in [9.17, 15) is 4.39 Å². The van der Waals surface area contributed by atoms with Gasteiger partial charge in [-0.3, -0.25) is 4.98 Å². The summed E-state index contributed by atoms with van der Waals surface area (Å²) in [6.45, 7) is 3.84. The van der Waals surface area contributed by atoms with E-state index in [1.165, 1.54) is 11.8 Å². The fraction of sp³-hybridized carbons (Fsp3) is 0.353. The summed E-state index contributed by atoms with van der Waals surface area (Å²) in [5.41, 5.74) is 2.84. The molecular weight excluding hydrogens is 265 g/mol. The highest BCUT2D eigenvalue weighted by atomic mass is 19.1. The summed E-state index contributed by atoms with van der Waals surface area (Å²) in [5.74, 6) is -0.144. The Bertz CT molecular complexity index is 592. The molecule has 0 bridgehead atoms. The van der Waals surface area contributed by atoms with Crippen LogP contribution in [0.5, 0.6) is 0 Å². The SMILES string of the molecule is Cc1c(F)cccc1NC1CCN(c2ccncc2)CC1. The van der Waals surface area contributed by atoms with Crippen molar-refractivity contribution in [1.82, 2.24) is 4.98 Å². The average Bonchev–Trinajstić information content (AvgIpc) is 2.53. The van der Waals surface area contributed by atoms with Crippen molar-refractivity contribution in [2.45, 2.75) is 25.8 Å². The number of benzene rings is 1. The van der Waals surface area contributed by atoms with E-state index < -0.39 is 0 Å². The third kappa shape index (κ3) is 3.15. The van der Waals surface area contributed by atoms with E-state index >= 15 is 0 Å². The number of rotatable bonds is 3. The van der Waals surface area contributed by atoms with E-state index in [1.807, 2.05) is 37.5 Å². The van der Waals surface area contributed by atoms with Gasteiger partial charge in [0.25, 0.3) is 0 Å². The van der Waals surface area contributed by atoms with Crippen molar-refractivity contribution in [3.8, 4) is 0 Å². The number of anilines is 2. The topological polar surface area (TPSA) is 28.2 Å². The lowest BCUT2D eigenvalue weighted by atomic mass is 10.0. The molecule has 21 heavy (non-hydrogen) atoms. The zero-order valence-electron chi connectivity index (χ0n) is 12.2. The Hall–Kier alpha value is -2.10. The minimum atomic E-state index is -0.144. The van der Waals surface area contributed by atoms with Crippen molar-refractivity contribution < 1.29 is 4.39 Å². The fourth-order valence-electron chi connectivity index (χ4n) is 2.82. The highest BCUT2D eigenvalue weighted by Crippen LogP contribution is 2.24. The van der Waals surface area contributed by atoms with Crippen LogP contribution in [0.1, 0.15) is 18.4 Å². The number of hydrogen-bond acceptors (Lipinski definition) is 3. The first-order chi connectivity index (χ1) is 10.2. The summed E-state index contributed by atoms with van der Waals surface area (Å²) in [4.78, 5) is 6.43. The first-order valence-corrected chi connectivity index (χ1v) is 7.40. The Labute approximate surface area is 124 Å². The van der Waals surface area contributed by atoms with E-state index in [4.69, 9.17) is 0 Å². The van der Waals surface area contributed by atoms with Crippen molar-refractivity contribution >= 4 is 11.4 Å². The molecule has 0 unspecified atom stereocenters. The molecule has 0 atom stereocenters. The fourth-order valence-corrected chi connectivity index (χ4v) is 2.82. The van der Waals surface area contributed by atoms with Gasteiger partial charge >= 0.3 is 0 Å². The molecule has 2 aromatic rings. The van der Waals surface area contributed by atoms with Gasteiger partial charge in [0.2, 0.25) is 0 Å². The minimum absolute atomic E-state index is 0.144. The van der Waals surface area contributed by atoms with Crippen LogP contribution < -0.4 is 10.2 Å². The molecule has 1 aliphatic heterocycles. The van der Waals surface area contributed by atoms with E-state index in [2.05, 4.69) is 15.2 Å². The predicted molar refractivity (Wildman–Crippen MR) is 84.2 cm³/mol. The number of hydrogen-bond donors (Lipinski definition) is 1. The Morgan fingerprint density at radius 2 is 1.86 bits per heavy atom. The van der Waals surface area contributed by atoms with Crippen molar-refractivity contribution in [3.05, 3.63) is 54.1 Å². The van der Waals surface area contributed by atoms with Crippen LogP contribution in [-0.4, -0.2) is 24.1 Å². The molecule has 1 saturated heterocycles. The third-order valence-corrected chi connectivity index (χ3v) is 4.15. The van der Waals surface area contributed by atoms with Gasteiger partial charge < -0.3 is 10.2 Å². The Morgan fingerprint density at radius 3 is 2.57 bits per heavy atom. The van der Waals surface area contributed by atoms with Crippen molar-refractivity contribution in [2.75, 3.05) is 23.3 Å². The molecule has 1 fully saturated rings. The quantitative estimate of drug-likeness (QED) is 0.933. The lowest BCUT2D eigenvalue weighted by molar-refractivity contribution is 0.525. The number of pyridine rings is 1. The smallest absolute Gasteiger partial charge is 0.128 e. The molecule has 1 aromatic heterocycles. The van der Waals surface area contributed by atoms with E-state index in [0.29, 0.717) is 11.6 Å². The Balaban J connectivity index is 1.60. The molecule has 110 valence electrons. The number of nitrogens with zero attached hydrogens (tertiary/aromatic N) is 2. The molecule has 1 N–H and O–H groups in total. The van der Waals surface area contributed by atoms with E-state index in [-0.39, 0.29) is 5.82 Å². The van der Waals surface area contributed by atoms with Crippen LogP contribution in [0.25, 0.3) is 0 Å². The highest BCUT2D eigenvalue weighted by Gasteiger charge is 2.19. The first-order valence-electron chi connectivity index (χ1n) is 7.40. The molecule has 0 radical (unpaired) electrons. The summed E-state index contributed by atoms with van der Waals surface area (Å²) < 4.78 is 13.6. The van der Waals surface area contributed by atoms with Crippen LogP contribution in [0, 0.1) is 12.7 Å². The van der Waals surface area contributed by atoms with Gasteiger partial charge in [0.15, 0.2) is 0 Å². The summed E-state index contributed by atoms with van der Waals surface area (Å²) >= 11 is 0. The van der Waals surface area contributed by atoms with E-state index in [1.54, 1.807) is 6.07 Å². The van der Waals surface area contributed by atoms with Crippen LogP contribution >= 0.6 is 0 Å². The van der Waals surface area contributed by atoms with Gasteiger partial charge in [-0.2, -0.15) is 0 Å². The summed E-state index contributed by atoms with van der Waals surface area (Å²) in [5, 5.41) is 3.48. The number of nitrogens with one attached hydrogen (secondary N) is 1. The van der Waals surface area contributed by atoms with Crippen LogP contribution in [0.2, 0.25) is 0 Å². The maximum Gasteiger partial charge on any atom is 0.128 e. The van der Waals surface area contributed by atoms with Crippen molar-refractivity contribution in [3.63, 3.8) is 0 Å². The van der Waals surface area contributed by atoms with Crippen LogP contribution in [0.4, 0.5) is 15.8 Å². The molecule has 2 heterocycles. The maximum atomic E-state index is 13.6. The normalized spacial score (nSPS) is 16.0. The summed E-state index contributed by atoms with van der Waals surface area (Å²) in [6.07, 6.45) is 5.77. The number of halogens is 1. The van der Waals surface area contributed by atoms with Crippen molar-refractivity contribution in [2.24, 2.45) is 0 Å². The Morgan fingerprint density at radius 1 is 1.14 bits per heavy atom. The van der Waals surface area contributed by atoms with Gasteiger partial charge in [0.05, 0.1) is 0 Å². The second-order valence-corrected chi connectivity index (χ2v) is 5.52. The van der Waals surface area contributed by atoms with Gasteiger partial charge in [-0.1, -0.05) is 6.07 Å². The largest absolute Gasteiger partial charge is 0.382 e. The molecular formula is C17H20FN3. The summed E-state index contributed by atoms with van der Waals surface area (Å²) in [7, 11) is 0. The zero-order valence-corrected chi connectivity index (χ0v) is 12.2. The lowest BCUT2D eigenvalue weighted by Crippen LogP contribution is -2.39. The first kappa shape index (κ1) is 13.9. The number of aromatic nitrogens is 1. The molecule has 0 spiro atoms. The second kappa shape index (κ2) is 6.12. The third-order valence-electron chi connectivity index (χ3n) is 4.15. The summed E-state index contributed by atoms with van der Waals surface area (Å²) in [6, 6.07) is 9.72. The van der Waals surface area contributed by atoms with Gasteiger partial charge in [-0.05, 0) is 44.0 Å². The second-order valence-electron chi connectivity index (χ2n) is 5.52. The highest BCUT2D eigenvalue weighted by molar-refractivity contribution is 5.52. The predicted octanol–water partition coefficient (Wildman–Crippen LogP) is 3.61. The van der Waals surface area contributed by atoms with Crippen LogP contribution in [0.15, 0.2) is 42.7 Å².